The van der Waals surface area contributed by atoms with Gasteiger partial charge in [-0.05, 0) is 24.0 Å². The van der Waals surface area contributed by atoms with Gasteiger partial charge in [-0.15, -0.1) is 0 Å². The number of hydrogen-bond acceptors (Lipinski definition) is 1. The average Bonchev–Trinajstić information content (AvgIpc) is 1.88. The van der Waals surface area contributed by atoms with Crippen LogP contribution >= 0.6 is 0 Å². The molecule has 53 valence electrons. The molecule has 0 aliphatic carbocycles. The lowest BCUT2D eigenvalue weighted by molar-refractivity contribution is 0.645. The Labute approximate surface area is 62.1 Å². The van der Waals surface area contributed by atoms with Crippen molar-refractivity contribution in [3.63, 3.8) is 0 Å². The van der Waals surface area contributed by atoms with Gasteiger partial charge >= 0.3 is 0 Å². The van der Waals surface area contributed by atoms with Crippen LogP contribution in [0.4, 0.5) is 0 Å². The van der Waals surface area contributed by atoms with Gasteiger partial charge in [-0.25, -0.2) is 0 Å². The van der Waals surface area contributed by atoms with Crippen molar-refractivity contribution in [3.8, 4) is 0 Å². The van der Waals surface area contributed by atoms with Gasteiger partial charge in [0, 0.05) is 6.20 Å². The molecule has 1 radical (unpaired) electrons. The molecule has 0 amide bonds. The van der Waals surface area contributed by atoms with E-state index in [1.54, 1.807) is 6.20 Å². The van der Waals surface area contributed by atoms with E-state index in [1.165, 1.54) is 5.56 Å². The van der Waals surface area contributed by atoms with E-state index in [1.807, 2.05) is 6.07 Å². The zero-order chi connectivity index (χ0) is 7.40. The fraction of sp³-hybridized carbons (Fsp3) is 0.444. The minimum Gasteiger partial charge on any atom is -0.254 e. The van der Waals surface area contributed by atoms with Crippen LogP contribution in [0.25, 0.3) is 0 Å². The summed E-state index contributed by atoms with van der Waals surface area (Å²) < 4.78 is 0. The topological polar surface area (TPSA) is 12.9 Å². The van der Waals surface area contributed by atoms with E-state index in [2.05, 4.69) is 31.1 Å². The third-order valence-electron chi connectivity index (χ3n) is 1.29. The fourth-order valence-corrected chi connectivity index (χ4v) is 0.913. The Morgan fingerprint density at radius 2 is 2.40 bits per heavy atom. The monoisotopic (exact) mass is 134 g/mol. The van der Waals surface area contributed by atoms with Gasteiger partial charge < -0.3 is 0 Å². The first-order chi connectivity index (χ1) is 4.79. The molecule has 1 heteroatoms. The number of rotatable bonds is 2. The molecule has 0 saturated carbocycles. The van der Waals surface area contributed by atoms with E-state index in [0.717, 1.165) is 6.42 Å². The van der Waals surface area contributed by atoms with Crippen LogP contribution in [-0.4, -0.2) is 4.98 Å². The normalized spacial score (nSPS) is 10.3. The van der Waals surface area contributed by atoms with Gasteiger partial charge in [0.2, 0.25) is 0 Å². The first-order valence-electron chi connectivity index (χ1n) is 3.60. The molecule has 0 spiro atoms. The smallest absolute Gasteiger partial charge is 0.0920 e. The number of hydrogen-bond donors (Lipinski definition) is 0. The molecular weight excluding hydrogens is 122 g/mol. The maximum Gasteiger partial charge on any atom is 0.0920 e. The summed E-state index contributed by atoms with van der Waals surface area (Å²) in [5.41, 5.74) is 1.21. The fourth-order valence-electron chi connectivity index (χ4n) is 0.913. The van der Waals surface area contributed by atoms with Crippen molar-refractivity contribution in [1.29, 1.82) is 0 Å². The molecule has 0 fully saturated rings. The van der Waals surface area contributed by atoms with Crippen molar-refractivity contribution >= 4 is 0 Å². The lowest BCUT2D eigenvalue weighted by Crippen LogP contribution is -1.93. The molecule has 0 bridgehead atoms. The summed E-state index contributed by atoms with van der Waals surface area (Å²) in [5, 5.41) is 0. The molecule has 0 aliphatic heterocycles. The summed E-state index contributed by atoms with van der Waals surface area (Å²) >= 11 is 0. The summed E-state index contributed by atoms with van der Waals surface area (Å²) in [6, 6.07) is 4.02. The summed E-state index contributed by atoms with van der Waals surface area (Å²) in [4.78, 5) is 3.91. The average molecular weight is 134 g/mol. The Bertz CT molecular complexity index is 179. The van der Waals surface area contributed by atoms with E-state index in [0.29, 0.717) is 5.92 Å². The largest absolute Gasteiger partial charge is 0.254 e. The van der Waals surface area contributed by atoms with Crippen molar-refractivity contribution in [1.82, 2.24) is 4.98 Å². The molecule has 0 aromatic carbocycles. The van der Waals surface area contributed by atoms with Gasteiger partial charge in [0.15, 0.2) is 0 Å². The molecule has 10 heavy (non-hydrogen) atoms. The number of pyridine rings is 1. The highest BCUT2D eigenvalue weighted by Gasteiger charge is 1.95. The first-order valence-corrected chi connectivity index (χ1v) is 3.60. The van der Waals surface area contributed by atoms with E-state index >= 15 is 0 Å². The molecule has 1 aromatic rings. The Morgan fingerprint density at radius 3 is 2.90 bits per heavy atom. The third-order valence-corrected chi connectivity index (χ3v) is 1.29. The number of aromatic nitrogens is 1. The minimum absolute atomic E-state index is 0.695. The SMILES string of the molecule is CC(C)Cc1[c]nccc1. The molecule has 1 nitrogen and oxygen atoms in total. The minimum atomic E-state index is 0.695. The predicted molar refractivity (Wildman–Crippen MR) is 41.6 cm³/mol. The van der Waals surface area contributed by atoms with E-state index in [9.17, 15) is 0 Å². The van der Waals surface area contributed by atoms with Crippen molar-refractivity contribution in [2.45, 2.75) is 20.3 Å². The third kappa shape index (κ3) is 2.18. The van der Waals surface area contributed by atoms with Crippen LogP contribution in [0.1, 0.15) is 19.4 Å². The van der Waals surface area contributed by atoms with Crippen LogP contribution in [0, 0.1) is 12.1 Å². The van der Waals surface area contributed by atoms with Crippen LogP contribution in [0.15, 0.2) is 18.3 Å². The highest BCUT2D eigenvalue weighted by atomic mass is 14.6. The van der Waals surface area contributed by atoms with Gasteiger partial charge in [0.25, 0.3) is 0 Å². The van der Waals surface area contributed by atoms with Crippen molar-refractivity contribution in [3.05, 3.63) is 30.1 Å². The van der Waals surface area contributed by atoms with Crippen LogP contribution < -0.4 is 0 Å². The molecule has 0 atom stereocenters. The van der Waals surface area contributed by atoms with Crippen LogP contribution in [0.2, 0.25) is 0 Å². The molecule has 0 unspecified atom stereocenters. The van der Waals surface area contributed by atoms with Gasteiger partial charge in [-0.2, -0.15) is 0 Å². The Kier molecular flexibility index (Phi) is 2.43. The van der Waals surface area contributed by atoms with Gasteiger partial charge in [-0.3, -0.25) is 4.98 Å². The van der Waals surface area contributed by atoms with Crippen LogP contribution in [-0.2, 0) is 6.42 Å². The molecule has 0 saturated heterocycles. The molecule has 0 N–H and O–H groups in total. The van der Waals surface area contributed by atoms with Crippen molar-refractivity contribution < 1.29 is 0 Å². The second-order valence-electron chi connectivity index (χ2n) is 2.87. The van der Waals surface area contributed by atoms with Crippen LogP contribution in [0.3, 0.4) is 0 Å². The zero-order valence-corrected chi connectivity index (χ0v) is 6.46. The second-order valence-corrected chi connectivity index (χ2v) is 2.87. The molecule has 1 heterocycles. The van der Waals surface area contributed by atoms with Crippen molar-refractivity contribution in [2.75, 3.05) is 0 Å². The Morgan fingerprint density at radius 1 is 1.60 bits per heavy atom. The standard InChI is InChI=1S/C9H12N/c1-8(2)6-9-4-3-5-10-7-9/h3-5,8H,6H2,1-2H3. The highest BCUT2D eigenvalue weighted by Crippen LogP contribution is 2.03. The quantitative estimate of drug-likeness (QED) is 0.603. The Balaban J connectivity index is 2.59. The summed E-state index contributed by atoms with van der Waals surface area (Å²) in [6.45, 7) is 4.39. The maximum atomic E-state index is 3.91. The summed E-state index contributed by atoms with van der Waals surface area (Å²) in [5.74, 6) is 0.695. The van der Waals surface area contributed by atoms with E-state index in [-0.39, 0.29) is 0 Å². The van der Waals surface area contributed by atoms with E-state index in [4.69, 9.17) is 0 Å². The second kappa shape index (κ2) is 3.35. The lowest BCUT2D eigenvalue weighted by atomic mass is 10.1. The molecule has 0 aliphatic rings. The summed E-state index contributed by atoms with van der Waals surface area (Å²) in [7, 11) is 0. The first kappa shape index (κ1) is 7.26. The van der Waals surface area contributed by atoms with Gasteiger partial charge in [0.1, 0.15) is 0 Å². The van der Waals surface area contributed by atoms with Crippen molar-refractivity contribution in [2.24, 2.45) is 5.92 Å². The van der Waals surface area contributed by atoms with Gasteiger partial charge in [-0.1, -0.05) is 19.9 Å². The number of nitrogens with zero attached hydrogens (tertiary/aromatic N) is 1. The molecule has 1 aromatic heterocycles. The van der Waals surface area contributed by atoms with E-state index < -0.39 is 0 Å². The maximum absolute atomic E-state index is 3.91. The molecular formula is C9H12N. The predicted octanol–water partition coefficient (Wildman–Crippen LogP) is 2.08. The summed E-state index contributed by atoms with van der Waals surface area (Å²) in [6.07, 6.45) is 5.78. The zero-order valence-electron chi connectivity index (χ0n) is 6.46. The van der Waals surface area contributed by atoms with Gasteiger partial charge in [0.05, 0.1) is 6.20 Å². The molecule has 1 rings (SSSR count). The lowest BCUT2D eigenvalue weighted by Gasteiger charge is -2.01. The van der Waals surface area contributed by atoms with Crippen LogP contribution in [0.5, 0.6) is 0 Å². The highest BCUT2D eigenvalue weighted by molar-refractivity contribution is 5.07. The Hall–Kier alpha value is -0.850.